The number of aryl methyl sites for hydroxylation is 2. The van der Waals surface area contributed by atoms with Crippen LogP contribution >= 0.6 is 0 Å². The number of hydrogen-bond donors (Lipinski definition) is 1. The van der Waals surface area contributed by atoms with Gasteiger partial charge >= 0.3 is 0 Å². The van der Waals surface area contributed by atoms with E-state index in [1.165, 1.54) is 16.7 Å². The minimum Gasteiger partial charge on any atom is -0.484 e. The maximum atomic E-state index is 12.2. The molecule has 1 saturated heterocycles. The van der Waals surface area contributed by atoms with Crippen molar-refractivity contribution in [3.63, 3.8) is 0 Å². The fraction of sp³-hybridized carbons (Fsp3) is 0.345. The predicted octanol–water partition coefficient (Wildman–Crippen LogP) is 4.88. The number of piperidine rings is 1. The van der Waals surface area contributed by atoms with Gasteiger partial charge in [0.15, 0.2) is 6.61 Å². The molecule has 1 fully saturated rings. The molecule has 0 saturated carbocycles. The Morgan fingerprint density at radius 2 is 1.36 bits per heavy atom. The Hall–Kier alpha value is -3.11. The second-order valence-corrected chi connectivity index (χ2v) is 8.93. The Morgan fingerprint density at radius 1 is 0.788 bits per heavy atom. The van der Waals surface area contributed by atoms with Crippen molar-refractivity contribution < 1.29 is 9.53 Å². The highest BCUT2D eigenvalue weighted by Crippen LogP contribution is 2.18. The summed E-state index contributed by atoms with van der Waals surface area (Å²) in [4.78, 5) is 14.7. The fourth-order valence-electron chi connectivity index (χ4n) is 4.33. The lowest BCUT2D eigenvalue weighted by atomic mass is 9.96. The van der Waals surface area contributed by atoms with Gasteiger partial charge in [0.1, 0.15) is 5.75 Å². The van der Waals surface area contributed by atoms with E-state index in [-0.39, 0.29) is 12.5 Å². The number of likely N-dealkylation sites (tertiary alicyclic amines) is 1. The van der Waals surface area contributed by atoms with Crippen molar-refractivity contribution in [3.8, 4) is 5.75 Å². The van der Waals surface area contributed by atoms with E-state index in [0.29, 0.717) is 5.92 Å². The van der Waals surface area contributed by atoms with Crippen molar-refractivity contribution in [3.05, 3.63) is 102 Å². The molecule has 1 heterocycles. The molecule has 0 unspecified atom stereocenters. The molecular formula is C29H34N2O2. The zero-order chi connectivity index (χ0) is 22.7. The van der Waals surface area contributed by atoms with E-state index in [4.69, 9.17) is 4.74 Å². The summed E-state index contributed by atoms with van der Waals surface area (Å²) in [6.45, 7) is 3.99. The van der Waals surface area contributed by atoms with Crippen LogP contribution in [0.15, 0.2) is 84.9 Å². The van der Waals surface area contributed by atoms with Gasteiger partial charge in [0.25, 0.3) is 5.91 Å². The highest BCUT2D eigenvalue weighted by atomic mass is 16.5. The van der Waals surface area contributed by atoms with Gasteiger partial charge in [-0.25, -0.2) is 0 Å². The number of carbonyl (C=O) groups is 1. The molecule has 4 heteroatoms. The molecule has 33 heavy (non-hydrogen) atoms. The maximum Gasteiger partial charge on any atom is 0.257 e. The Balaban J connectivity index is 1.10. The number of hydrogen-bond acceptors (Lipinski definition) is 3. The largest absolute Gasteiger partial charge is 0.484 e. The number of nitrogens with one attached hydrogen (secondary N) is 1. The number of amides is 1. The summed E-state index contributed by atoms with van der Waals surface area (Å²) in [6.07, 6.45) is 4.26. The van der Waals surface area contributed by atoms with Gasteiger partial charge in [-0.3, -0.25) is 9.69 Å². The molecule has 0 aromatic heterocycles. The van der Waals surface area contributed by atoms with Crippen LogP contribution in [0.2, 0.25) is 0 Å². The van der Waals surface area contributed by atoms with Gasteiger partial charge in [0.05, 0.1) is 0 Å². The Labute approximate surface area is 197 Å². The van der Waals surface area contributed by atoms with Gasteiger partial charge < -0.3 is 10.1 Å². The molecule has 1 amide bonds. The first-order chi connectivity index (χ1) is 16.2. The molecule has 0 aliphatic carbocycles. The summed E-state index contributed by atoms with van der Waals surface area (Å²) < 4.78 is 5.69. The number of benzene rings is 3. The van der Waals surface area contributed by atoms with Crippen LogP contribution in [0.5, 0.6) is 5.75 Å². The highest BCUT2D eigenvalue weighted by molar-refractivity contribution is 5.77. The summed E-state index contributed by atoms with van der Waals surface area (Å²) in [7, 11) is 0. The molecule has 172 valence electrons. The molecule has 0 radical (unpaired) electrons. The Bertz CT molecular complexity index is 966. The van der Waals surface area contributed by atoms with E-state index in [1.807, 2.05) is 18.2 Å². The van der Waals surface area contributed by atoms with Crippen LogP contribution in [-0.2, 0) is 24.2 Å². The molecule has 1 aliphatic heterocycles. The van der Waals surface area contributed by atoms with Crippen molar-refractivity contribution in [1.82, 2.24) is 10.2 Å². The summed E-state index contributed by atoms with van der Waals surface area (Å²) in [5, 5.41) is 3.05. The van der Waals surface area contributed by atoms with Gasteiger partial charge in [-0.2, -0.15) is 0 Å². The predicted molar refractivity (Wildman–Crippen MR) is 133 cm³/mol. The number of rotatable bonds is 10. The average Bonchev–Trinajstić information content (AvgIpc) is 2.88. The van der Waals surface area contributed by atoms with E-state index in [1.54, 1.807) is 0 Å². The molecule has 1 aliphatic rings. The van der Waals surface area contributed by atoms with E-state index in [9.17, 15) is 4.79 Å². The van der Waals surface area contributed by atoms with Crippen molar-refractivity contribution >= 4 is 5.91 Å². The normalized spacial score (nSPS) is 14.7. The van der Waals surface area contributed by atoms with E-state index in [0.717, 1.165) is 57.6 Å². The lowest BCUT2D eigenvalue weighted by Crippen LogP contribution is -2.39. The summed E-state index contributed by atoms with van der Waals surface area (Å²) >= 11 is 0. The number of ether oxygens (including phenoxy) is 1. The molecule has 4 rings (SSSR count). The highest BCUT2D eigenvalue weighted by Gasteiger charge is 2.19. The van der Waals surface area contributed by atoms with Crippen LogP contribution in [0, 0.1) is 5.92 Å². The van der Waals surface area contributed by atoms with Gasteiger partial charge in [-0.05, 0) is 73.5 Å². The number of nitrogens with zero attached hydrogens (tertiary/aromatic N) is 1. The topological polar surface area (TPSA) is 41.6 Å². The molecule has 0 bridgehead atoms. The molecule has 1 N–H and O–H groups in total. The van der Waals surface area contributed by atoms with E-state index >= 15 is 0 Å². The molecule has 3 aromatic rings. The lowest BCUT2D eigenvalue weighted by Gasteiger charge is -2.32. The standard InChI is InChI=1S/C29H34N2O2/c32-29(30-21-26-17-19-31(20-18-26)22-27-9-5-2-6-10-27)23-33-28-15-13-25(14-16-28)12-11-24-7-3-1-4-8-24/h1-10,13-16,26H,11-12,17-23H2,(H,30,32). The van der Waals surface area contributed by atoms with Crippen molar-refractivity contribution in [2.24, 2.45) is 5.92 Å². The second-order valence-electron chi connectivity index (χ2n) is 8.93. The summed E-state index contributed by atoms with van der Waals surface area (Å²) in [5.74, 6) is 1.24. The van der Waals surface area contributed by atoms with Gasteiger partial charge in [0, 0.05) is 13.1 Å². The first-order valence-electron chi connectivity index (χ1n) is 12.0. The lowest BCUT2D eigenvalue weighted by molar-refractivity contribution is -0.123. The third kappa shape index (κ3) is 7.76. The van der Waals surface area contributed by atoms with Crippen LogP contribution in [0.25, 0.3) is 0 Å². The van der Waals surface area contributed by atoms with Gasteiger partial charge in [0.2, 0.25) is 0 Å². The van der Waals surface area contributed by atoms with Gasteiger partial charge in [-0.15, -0.1) is 0 Å². The maximum absolute atomic E-state index is 12.2. The molecule has 3 aromatic carbocycles. The first kappa shape index (κ1) is 23.1. The summed E-state index contributed by atoms with van der Waals surface area (Å²) in [6, 6.07) is 29.2. The second kappa shape index (κ2) is 12.2. The summed E-state index contributed by atoms with van der Waals surface area (Å²) in [5.41, 5.74) is 3.98. The molecular weight excluding hydrogens is 408 g/mol. The van der Waals surface area contributed by atoms with Crippen LogP contribution in [-0.4, -0.2) is 37.0 Å². The third-order valence-electron chi connectivity index (χ3n) is 6.38. The van der Waals surface area contributed by atoms with Crippen LogP contribution in [0.1, 0.15) is 29.5 Å². The Kier molecular flexibility index (Phi) is 8.54. The van der Waals surface area contributed by atoms with Crippen LogP contribution in [0.4, 0.5) is 0 Å². The first-order valence-corrected chi connectivity index (χ1v) is 12.0. The molecule has 0 spiro atoms. The number of carbonyl (C=O) groups excluding carboxylic acids is 1. The zero-order valence-corrected chi connectivity index (χ0v) is 19.3. The third-order valence-corrected chi connectivity index (χ3v) is 6.38. The van der Waals surface area contributed by atoms with Crippen molar-refractivity contribution in [1.29, 1.82) is 0 Å². The van der Waals surface area contributed by atoms with E-state index in [2.05, 4.69) is 76.9 Å². The van der Waals surface area contributed by atoms with Crippen LogP contribution < -0.4 is 10.1 Å². The minimum absolute atomic E-state index is 0.0464. The monoisotopic (exact) mass is 442 g/mol. The zero-order valence-electron chi connectivity index (χ0n) is 19.3. The van der Waals surface area contributed by atoms with E-state index < -0.39 is 0 Å². The fourth-order valence-corrected chi connectivity index (χ4v) is 4.33. The quantitative estimate of drug-likeness (QED) is 0.487. The van der Waals surface area contributed by atoms with Gasteiger partial charge in [-0.1, -0.05) is 72.8 Å². The smallest absolute Gasteiger partial charge is 0.257 e. The average molecular weight is 443 g/mol. The minimum atomic E-state index is -0.0464. The van der Waals surface area contributed by atoms with Crippen LogP contribution in [0.3, 0.4) is 0 Å². The SMILES string of the molecule is O=C(COc1ccc(CCc2ccccc2)cc1)NCC1CCN(Cc2ccccc2)CC1. The van der Waals surface area contributed by atoms with Crippen molar-refractivity contribution in [2.75, 3.05) is 26.2 Å². The molecule has 0 atom stereocenters. The van der Waals surface area contributed by atoms with Crippen molar-refractivity contribution in [2.45, 2.75) is 32.2 Å². The molecule has 4 nitrogen and oxygen atoms in total. The Morgan fingerprint density at radius 3 is 2.00 bits per heavy atom.